The van der Waals surface area contributed by atoms with Crippen molar-refractivity contribution in [3.05, 3.63) is 47.7 Å². The van der Waals surface area contributed by atoms with Crippen LogP contribution in [0.3, 0.4) is 0 Å². The fourth-order valence-corrected chi connectivity index (χ4v) is 3.18. The second-order valence-electron chi connectivity index (χ2n) is 5.48. The Kier molecular flexibility index (Phi) is 5.19. The number of nitrogens with zero attached hydrogens (tertiary/aromatic N) is 2. The standard InChI is InChI=1S/C17H21N3OS/c1-13-15(10-5-11-18-13)16-17(20-22-19-16)21-12-6-9-14-7-3-2-4-8-14/h2-4,7-8,10,13,18H,5-6,9,11-12H2,1H3. The highest BCUT2D eigenvalue weighted by molar-refractivity contribution is 6.99. The smallest absolute Gasteiger partial charge is 0.253 e. The predicted molar refractivity (Wildman–Crippen MR) is 90.2 cm³/mol. The van der Waals surface area contributed by atoms with Gasteiger partial charge in [0.2, 0.25) is 0 Å². The molecular formula is C17H21N3OS. The molecule has 0 amide bonds. The maximum atomic E-state index is 5.87. The molecule has 116 valence electrons. The van der Waals surface area contributed by atoms with Gasteiger partial charge < -0.3 is 10.1 Å². The van der Waals surface area contributed by atoms with Gasteiger partial charge in [0.1, 0.15) is 5.69 Å². The van der Waals surface area contributed by atoms with E-state index in [-0.39, 0.29) is 0 Å². The molecule has 0 fully saturated rings. The molecule has 4 nitrogen and oxygen atoms in total. The monoisotopic (exact) mass is 315 g/mol. The molecule has 0 spiro atoms. The molecule has 0 saturated heterocycles. The van der Waals surface area contributed by atoms with Crippen LogP contribution in [-0.4, -0.2) is 27.9 Å². The first-order chi connectivity index (χ1) is 10.8. The molecule has 1 aliphatic heterocycles. The predicted octanol–water partition coefficient (Wildman–Crippen LogP) is 3.31. The van der Waals surface area contributed by atoms with Crippen molar-refractivity contribution in [1.29, 1.82) is 0 Å². The Morgan fingerprint density at radius 3 is 2.95 bits per heavy atom. The van der Waals surface area contributed by atoms with Gasteiger partial charge in [-0.1, -0.05) is 36.4 Å². The van der Waals surface area contributed by atoms with Crippen LogP contribution in [0.1, 0.15) is 31.0 Å². The van der Waals surface area contributed by atoms with Crippen LogP contribution in [0.5, 0.6) is 5.88 Å². The number of aromatic nitrogens is 2. The van der Waals surface area contributed by atoms with E-state index in [1.165, 1.54) is 22.9 Å². The molecular weight excluding hydrogens is 294 g/mol. The first-order valence-corrected chi connectivity index (χ1v) is 8.50. The highest BCUT2D eigenvalue weighted by Crippen LogP contribution is 2.28. The van der Waals surface area contributed by atoms with E-state index >= 15 is 0 Å². The van der Waals surface area contributed by atoms with Crippen LogP contribution in [0.25, 0.3) is 5.57 Å². The largest absolute Gasteiger partial charge is 0.475 e. The number of nitrogens with one attached hydrogen (secondary N) is 1. The topological polar surface area (TPSA) is 47.0 Å². The number of aryl methyl sites for hydroxylation is 1. The average molecular weight is 315 g/mol. The highest BCUT2D eigenvalue weighted by Gasteiger charge is 2.21. The van der Waals surface area contributed by atoms with E-state index in [0.29, 0.717) is 18.5 Å². The van der Waals surface area contributed by atoms with E-state index in [2.05, 4.69) is 51.3 Å². The van der Waals surface area contributed by atoms with Crippen LogP contribution in [-0.2, 0) is 6.42 Å². The van der Waals surface area contributed by atoms with Gasteiger partial charge in [-0.3, -0.25) is 0 Å². The molecule has 1 aromatic heterocycles. The van der Waals surface area contributed by atoms with Crippen molar-refractivity contribution >= 4 is 17.3 Å². The summed E-state index contributed by atoms with van der Waals surface area (Å²) in [5, 5.41) is 3.45. The molecule has 2 heterocycles. The summed E-state index contributed by atoms with van der Waals surface area (Å²) in [4.78, 5) is 0. The van der Waals surface area contributed by atoms with E-state index in [9.17, 15) is 0 Å². The summed E-state index contributed by atoms with van der Waals surface area (Å²) >= 11 is 1.22. The minimum absolute atomic E-state index is 0.310. The molecule has 5 heteroatoms. The van der Waals surface area contributed by atoms with E-state index in [4.69, 9.17) is 4.74 Å². The van der Waals surface area contributed by atoms with Crippen LogP contribution >= 0.6 is 11.7 Å². The fourth-order valence-electron chi connectivity index (χ4n) is 2.66. The van der Waals surface area contributed by atoms with Gasteiger partial charge in [0.05, 0.1) is 18.3 Å². The molecule has 1 aliphatic rings. The van der Waals surface area contributed by atoms with Gasteiger partial charge in [0.25, 0.3) is 5.88 Å². The zero-order valence-corrected chi connectivity index (χ0v) is 13.6. The van der Waals surface area contributed by atoms with Crippen LogP contribution in [0.4, 0.5) is 0 Å². The zero-order valence-electron chi connectivity index (χ0n) is 12.8. The molecule has 1 unspecified atom stereocenters. The van der Waals surface area contributed by atoms with Crippen molar-refractivity contribution in [2.75, 3.05) is 13.2 Å². The van der Waals surface area contributed by atoms with Crippen LogP contribution in [0.15, 0.2) is 36.4 Å². The Labute approximate surface area is 135 Å². The number of hydrogen-bond donors (Lipinski definition) is 1. The van der Waals surface area contributed by atoms with Crippen molar-refractivity contribution < 1.29 is 4.74 Å². The van der Waals surface area contributed by atoms with Gasteiger partial charge in [-0.05, 0) is 43.9 Å². The molecule has 0 radical (unpaired) electrons. The molecule has 1 aromatic carbocycles. The first-order valence-electron chi connectivity index (χ1n) is 7.77. The summed E-state index contributed by atoms with van der Waals surface area (Å²) in [6, 6.07) is 10.8. The first kappa shape index (κ1) is 15.2. The summed E-state index contributed by atoms with van der Waals surface area (Å²) in [7, 11) is 0. The van der Waals surface area contributed by atoms with Crippen molar-refractivity contribution in [3.8, 4) is 5.88 Å². The Bertz CT molecular complexity index is 624. The summed E-state index contributed by atoms with van der Waals surface area (Å²) in [5.74, 6) is 0.680. The third-order valence-corrected chi connectivity index (χ3v) is 4.36. The Balaban J connectivity index is 1.55. The maximum absolute atomic E-state index is 5.87. The van der Waals surface area contributed by atoms with E-state index in [1.54, 1.807) is 0 Å². The minimum Gasteiger partial charge on any atom is -0.475 e. The summed E-state index contributed by atoms with van der Waals surface area (Å²) in [6.45, 7) is 3.85. The lowest BCUT2D eigenvalue weighted by Crippen LogP contribution is -2.31. The van der Waals surface area contributed by atoms with Crippen molar-refractivity contribution in [2.45, 2.75) is 32.2 Å². The van der Waals surface area contributed by atoms with Crippen molar-refractivity contribution in [1.82, 2.24) is 14.1 Å². The van der Waals surface area contributed by atoms with Gasteiger partial charge in [-0.2, -0.15) is 4.37 Å². The van der Waals surface area contributed by atoms with Crippen molar-refractivity contribution in [2.24, 2.45) is 0 Å². The van der Waals surface area contributed by atoms with E-state index in [1.807, 2.05) is 6.07 Å². The number of benzene rings is 1. The quantitative estimate of drug-likeness (QED) is 0.831. The lowest BCUT2D eigenvalue weighted by atomic mass is 10.0. The second-order valence-corrected chi connectivity index (χ2v) is 6.01. The highest BCUT2D eigenvalue weighted by atomic mass is 32.1. The van der Waals surface area contributed by atoms with Crippen molar-refractivity contribution in [3.63, 3.8) is 0 Å². The molecule has 1 atom stereocenters. The van der Waals surface area contributed by atoms with Crippen LogP contribution in [0.2, 0.25) is 0 Å². The van der Waals surface area contributed by atoms with Gasteiger partial charge in [-0.15, -0.1) is 4.37 Å². The molecule has 2 aromatic rings. The maximum Gasteiger partial charge on any atom is 0.253 e. The fraction of sp³-hybridized carbons (Fsp3) is 0.412. The molecule has 3 rings (SSSR count). The summed E-state index contributed by atoms with van der Waals surface area (Å²) in [5.41, 5.74) is 3.46. The SMILES string of the molecule is CC1NCCC=C1c1nsnc1OCCCc1ccccc1. The Hall–Kier alpha value is -1.72. The van der Waals surface area contributed by atoms with Gasteiger partial charge in [0, 0.05) is 6.04 Å². The van der Waals surface area contributed by atoms with Gasteiger partial charge in [-0.25, -0.2) is 0 Å². The number of ether oxygens (including phenoxy) is 1. The number of hydrogen-bond acceptors (Lipinski definition) is 5. The molecule has 0 aliphatic carbocycles. The Morgan fingerprint density at radius 2 is 2.14 bits per heavy atom. The molecule has 22 heavy (non-hydrogen) atoms. The third kappa shape index (κ3) is 3.72. The van der Waals surface area contributed by atoms with Crippen LogP contribution < -0.4 is 10.1 Å². The van der Waals surface area contributed by atoms with Crippen LogP contribution in [0, 0.1) is 0 Å². The second kappa shape index (κ2) is 7.51. The van der Waals surface area contributed by atoms with E-state index < -0.39 is 0 Å². The molecule has 1 N–H and O–H groups in total. The lowest BCUT2D eigenvalue weighted by Gasteiger charge is -2.21. The third-order valence-electron chi connectivity index (χ3n) is 3.85. The summed E-state index contributed by atoms with van der Waals surface area (Å²) < 4.78 is 14.6. The van der Waals surface area contributed by atoms with Gasteiger partial charge in [0.15, 0.2) is 0 Å². The molecule has 0 bridgehead atoms. The van der Waals surface area contributed by atoms with Gasteiger partial charge >= 0.3 is 0 Å². The average Bonchev–Trinajstić information content (AvgIpc) is 3.01. The molecule has 0 saturated carbocycles. The lowest BCUT2D eigenvalue weighted by molar-refractivity contribution is 0.300. The normalized spacial score (nSPS) is 18.0. The Morgan fingerprint density at radius 1 is 1.27 bits per heavy atom. The minimum atomic E-state index is 0.310. The number of rotatable bonds is 6. The van der Waals surface area contributed by atoms with E-state index in [0.717, 1.165) is 31.5 Å². The zero-order chi connectivity index (χ0) is 15.2. The summed E-state index contributed by atoms with van der Waals surface area (Å²) in [6.07, 6.45) is 5.28.